The first-order chi connectivity index (χ1) is 8.30. The molecule has 0 saturated heterocycles. The van der Waals surface area contributed by atoms with Crippen LogP contribution >= 0.6 is 11.3 Å². The van der Waals surface area contributed by atoms with Crippen LogP contribution in [-0.2, 0) is 10.0 Å². The van der Waals surface area contributed by atoms with Crippen LogP contribution in [0.1, 0.15) is 28.8 Å². The molecule has 0 spiro atoms. The third kappa shape index (κ3) is 2.73. The lowest BCUT2D eigenvalue weighted by atomic mass is 10.2. The van der Waals surface area contributed by atoms with Crippen molar-refractivity contribution in [3.05, 3.63) is 16.5 Å². The molecule has 2 rings (SSSR count). The van der Waals surface area contributed by atoms with Crippen molar-refractivity contribution in [3.8, 4) is 0 Å². The lowest BCUT2D eigenvalue weighted by Crippen LogP contribution is -2.29. The molecule has 1 aromatic heterocycles. The molecule has 100 valence electrons. The Morgan fingerprint density at radius 2 is 2.17 bits per heavy atom. The van der Waals surface area contributed by atoms with Crippen molar-refractivity contribution in [1.82, 2.24) is 4.90 Å². The molecular weight excluding hydrogens is 272 g/mol. The summed E-state index contributed by atoms with van der Waals surface area (Å²) < 4.78 is 22.7. The fourth-order valence-corrected chi connectivity index (χ4v) is 3.87. The highest BCUT2D eigenvalue weighted by Gasteiger charge is 2.27. The Morgan fingerprint density at radius 3 is 2.61 bits per heavy atom. The van der Waals surface area contributed by atoms with Gasteiger partial charge in [0.2, 0.25) is 10.0 Å². The van der Waals surface area contributed by atoms with E-state index in [2.05, 4.69) is 0 Å². The molecule has 1 fully saturated rings. The third-order valence-electron chi connectivity index (χ3n) is 3.06. The molecule has 0 radical (unpaired) electrons. The molecule has 7 heteroatoms. The van der Waals surface area contributed by atoms with Crippen LogP contribution in [-0.4, -0.2) is 32.8 Å². The first kappa shape index (κ1) is 13.5. The second-order valence-electron chi connectivity index (χ2n) is 4.74. The Hall–Kier alpha value is -0.920. The Balaban J connectivity index is 2.23. The average molecular weight is 288 g/mol. The van der Waals surface area contributed by atoms with Crippen molar-refractivity contribution in [3.63, 3.8) is 0 Å². The van der Waals surface area contributed by atoms with Crippen LogP contribution in [0.15, 0.2) is 9.59 Å². The minimum Gasteiger partial charge on any atom is -0.341 e. The fourth-order valence-electron chi connectivity index (χ4n) is 1.87. The number of carbonyl (C=O) groups excluding carboxylic acids is 1. The van der Waals surface area contributed by atoms with E-state index in [0.717, 1.165) is 17.9 Å². The number of rotatable bonds is 4. The second-order valence-corrected chi connectivity index (χ2v) is 7.37. The van der Waals surface area contributed by atoms with Gasteiger partial charge in [0, 0.05) is 19.0 Å². The molecule has 0 bridgehead atoms. The van der Waals surface area contributed by atoms with Gasteiger partial charge in [-0.2, -0.15) is 0 Å². The van der Waals surface area contributed by atoms with Gasteiger partial charge in [0.15, 0.2) is 0 Å². The number of hydrogen-bond donors (Lipinski definition) is 1. The normalized spacial score (nSPS) is 15.7. The van der Waals surface area contributed by atoms with Crippen molar-refractivity contribution in [1.29, 1.82) is 0 Å². The van der Waals surface area contributed by atoms with Gasteiger partial charge in [0.05, 0.1) is 5.56 Å². The standard InChI is InChI=1S/C11H16N2O3S2/c1-7-9(6-17-11(7)18(12,15)16)10(14)13(2)5-8-3-4-8/h6,8H,3-5H2,1-2H3,(H2,12,15,16). The summed E-state index contributed by atoms with van der Waals surface area (Å²) in [6.07, 6.45) is 2.34. The fraction of sp³-hybridized carbons (Fsp3) is 0.545. The maximum absolute atomic E-state index is 12.2. The van der Waals surface area contributed by atoms with Gasteiger partial charge in [-0.1, -0.05) is 0 Å². The Kier molecular flexibility index (Phi) is 3.48. The minimum absolute atomic E-state index is 0.0747. The van der Waals surface area contributed by atoms with Crippen LogP contribution < -0.4 is 5.14 Å². The summed E-state index contributed by atoms with van der Waals surface area (Å²) in [5, 5.41) is 6.67. The van der Waals surface area contributed by atoms with Gasteiger partial charge < -0.3 is 4.90 Å². The monoisotopic (exact) mass is 288 g/mol. The van der Waals surface area contributed by atoms with E-state index in [1.165, 1.54) is 12.8 Å². The Labute approximate surface area is 111 Å². The molecule has 1 aromatic rings. The summed E-state index contributed by atoms with van der Waals surface area (Å²) in [5.41, 5.74) is 0.891. The van der Waals surface area contributed by atoms with E-state index >= 15 is 0 Å². The van der Waals surface area contributed by atoms with E-state index in [1.54, 1.807) is 24.3 Å². The van der Waals surface area contributed by atoms with Crippen LogP contribution in [0.2, 0.25) is 0 Å². The molecule has 5 nitrogen and oxygen atoms in total. The third-order valence-corrected chi connectivity index (χ3v) is 5.74. The maximum atomic E-state index is 12.2. The molecule has 0 aliphatic heterocycles. The summed E-state index contributed by atoms with van der Waals surface area (Å²) >= 11 is 1.00. The van der Waals surface area contributed by atoms with Crippen LogP contribution in [0, 0.1) is 12.8 Å². The molecular formula is C11H16N2O3S2. The number of nitrogens with two attached hydrogens (primary N) is 1. The number of hydrogen-bond acceptors (Lipinski definition) is 4. The highest BCUT2D eigenvalue weighted by Crippen LogP contribution is 2.31. The maximum Gasteiger partial charge on any atom is 0.254 e. The number of sulfonamides is 1. The second kappa shape index (κ2) is 4.64. The molecule has 0 unspecified atom stereocenters. The van der Waals surface area contributed by atoms with Gasteiger partial charge in [0.25, 0.3) is 5.91 Å². The number of carbonyl (C=O) groups is 1. The van der Waals surface area contributed by atoms with Gasteiger partial charge in [-0.3, -0.25) is 4.79 Å². The lowest BCUT2D eigenvalue weighted by Gasteiger charge is -2.16. The molecule has 18 heavy (non-hydrogen) atoms. The molecule has 1 saturated carbocycles. The molecule has 1 heterocycles. The molecule has 0 aromatic carbocycles. The zero-order chi connectivity index (χ0) is 13.5. The van der Waals surface area contributed by atoms with Gasteiger partial charge in [0.1, 0.15) is 4.21 Å². The number of nitrogens with zero attached hydrogens (tertiary/aromatic N) is 1. The predicted molar refractivity (Wildman–Crippen MR) is 70.1 cm³/mol. The van der Waals surface area contributed by atoms with Crippen LogP contribution in [0.4, 0.5) is 0 Å². The Morgan fingerprint density at radius 1 is 1.56 bits per heavy atom. The van der Waals surface area contributed by atoms with Crippen LogP contribution in [0.3, 0.4) is 0 Å². The first-order valence-electron chi connectivity index (χ1n) is 5.67. The highest BCUT2D eigenvalue weighted by molar-refractivity contribution is 7.91. The van der Waals surface area contributed by atoms with Gasteiger partial charge in [-0.05, 0) is 31.2 Å². The zero-order valence-corrected chi connectivity index (χ0v) is 12.0. The van der Waals surface area contributed by atoms with Crippen molar-refractivity contribution in [2.45, 2.75) is 24.0 Å². The summed E-state index contributed by atoms with van der Waals surface area (Å²) in [7, 11) is -1.99. The van der Waals surface area contributed by atoms with Crippen molar-refractivity contribution in [2.75, 3.05) is 13.6 Å². The van der Waals surface area contributed by atoms with E-state index in [1.807, 2.05) is 0 Å². The lowest BCUT2D eigenvalue weighted by molar-refractivity contribution is 0.0788. The van der Waals surface area contributed by atoms with E-state index in [0.29, 0.717) is 17.0 Å². The van der Waals surface area contributed by atoms with Crippen molar-refractivity contribution < 1.29 is 13.2 Å². The first-order valence-corrected chi connectivity index (χ1v) is 8.09. The molecule has 1 aliphatic rings. The molecule has 1 amide bonds. The van der Waals surface area contributed by atoms with E-state index < -0.39 is 10.0 Å². The SMILES string of the molecule is Cc1c(C(=O)N(C)CC2CC2)csc1S(N)(=O)=O. The number of thiophene rings is 1. The summed E-state index contributed by atoms with van der Waals surface area (Å²) in [5.74, 6) is 0.473. The van der Waals surface area contributed by atoms with E-state index in [-0.39, 0.29) is 10.1 Å². The molecule has 0 atom stereocenters. The predicted octanol–water partition coefficient (Wildman–Crippen LogP) is 1.19. The van der Waals surface area contributed by atoms with Crippen LogP contribution in [0.5, 0.6) is 0 Å². The van der Waals surface area contributed by atoms with Crippen molar-refractivity contribution >= 4 is 27.3 Å². The van der Waals surface area contributed by atoms with E-state index in [9.17, 15) is 13.2 Å². The largest absolute Gasteiger partial charge is 0.341 e. The topological polar surface area (TPSA) is 80.5 Å². The number of amides is 1. The summed E-state index contributed by atoms with van der Waals surface area (Å²) in [6.45, 7) is 2.35. The quantitative estimate of drug-likeness (QED) is 0.903. The van der Waals surface area contributed by atoms with Crippen molar-refractivity contribution in [2.24, 2.45) is 11.1 Å². The van der Waals surface area contributed by atoms with E-state index in [4.69, 9.17) is 5.14 Å². The van der Waals surface area contributed by atoms with Crippen LogP contribution in [0.25, 0.3) is 0 Å². The minimum atomic E-state index is -3.73. The zero-order valence-electron chi connectivity index (χ0n) is 10.3. The number of primary sulfonamides is 1. The van der Waals surface area contributed by atoms with Gasteiger partial charge in [-0.25, -0.2) is 13.6 Å². The molecule has 1 aliphatic carbocycles. The average Bonchev–Trinajstić information content (AvgIpc) is 2.96. The Bertz CT molecular complexity index is 573. The van der Waals surface area contributed by atoms with Gasteiger partial charge >= 0.3 is 0 Å². The molecule has 2 N–H and O–H groups in total. The van der Waals surface area contributed by atoms with Gasteiger partial charge in [-0.15, -0.1) is 11.3 Å². The highest BCUT2D eigenvalue weighted by atomic mass is 32.2. The smallest absolute Gasteiger partial charge is 0.254 e. The summed E-state index contributed by atoms with van der Waals surface area (Å²) in [6, 6.07) is 0. The summed E-state index contributed by atoms with van der Waals surface area (Å²) in [4.78, 5) is 13.8.